The highest BCUT2D eigenvalue weighted by atomic mass is 35.5. The van der Waals surface area contributed by atoms with Gasteiger partial charge in [-0.2, -0.15) is 5.26 Å². The highest BCUT2D eigenvalue weighted by molar-refractivity contribution is 7.13. The molecule has 69 heavy (non-hydrogen) atoms. The number of Topliss-reactive ketones (excluding diaryl/α,β-unsaturated/α-hetero) is 1. The second-order valence-electron chi connectivity index (χ2n) is 21.0. The maximum atomic E-state index is 14.1. The summed E-state index contributed by atoms with van der Waals surface area (Å²) >= 11 is 7.87. The molecule has 0 radical (unpaired) electrons. The first-order valence-electron chi connectivity index (χ1n) is 24.0. The fraction of sp³-hybridized carbons (Fsp3) is 0.528. The lowest BCUT2D eigenvalue weighted by molar-refractivity contribution is -0.196. The van der Waals surface area contributed by atoms with Crippen LogP contribution in [0.25, 0.3) is 10.4 Å². The first kappa shape index (κ1) is 51.5. The number of nitriles is 1. The van der Waals surface area contributed by atoms with Gasteiger partial charge in [-0.3, -0.25) is 24.1 Å². The van der Waals surface area contributed by atoms with Crippen LogP contribution in [0.1, 0.15) is 108 Å². The first-order chi connectivity index (χ1) is 32.7. The van der Waals surface area contributed by atoms with Crippen LogP contribution in [0.3, 0.4) is 0 Å². The molecule has 4 aromatic rings. The van der Waals surface area contributed by atoms with Crippen molar-refractivity contribution in [3.63, 3.8) is 0 Å². The Hall–Kier alpha value is -5.40. The van der Waals surface area contributed by atoms with Crippen LogP contribution in [-0.2, 0) is 19.1 Å². The topological polar surface area (TPSA) is 170 Å². The average Bonchev–Trinajstić information content (AvgIpc) is 4.00. The molecule has 7 rings (SSSR count). The van der Waals surface area contributed by atoms with Crippen molar-refractivity contribution in [3.05, 3.63) is 93.7 Å². The maximum Gasteiger partial charge on any atom is 0.246 e. The number of piperazine rings is 1. The number of carbonyl (C=O) groups excluding carboxylic acids is 4. The number of benzene rings is 2. The van der Waals surface area contributed by atoms with Crippen molar-refractivity contribution in [1.82, 2.24) is 30.4 Å². The molecule has 16 heteroatoms. The molecule has 1 saturated carbocycles. The number of aryl methyl sites for hydroxylation is 1. The van der Waals surface area contributed by atoms with Gasteiger partial charge >= 0.3 is 0 Å². The van der Waals surface area contributed by atoms with Crippen LogP contribution in [0.4, 0.5) is 5.82 Å². The average molecular weight is 980 g/mol. The predicted octanol–water partition coefficient (Wildman–Crippen LogP) is 8.28. The summed E-state index contributed by atoms with van der Waals surface area (Å²) in [7, 11) is 0. The number of thiazole rings is 1. The van der Waals surface area contributed by atoms with Gasteiger partial charge in [0.05, 0.1) is 39.3 Å². The number of halogens is 1. The van der Waals surface area contributed by atoms with Gasteiger partial charge in [-0.1, -0.05) is 84.3 Å². The number of hydrogen-bond donors (Lipinski definition) is 2. The van der Waals surface area contributed by atoms with Crippen LogP contribution in [-0.4, -0.2) is 114 Å². The number of likely N-dealkylation sites (tertiary alicyclic amines) is 1. The molecule has 0 spiro atoms. The Morgan fingerprint density at radius 2 is 1.67 bits per heavy atom. The van der Waals surface area contributed by atoms with Crippen LogP contribution < -0.4 is 20.3 Å². The highest BCUT2D eigenvalue weighted by Gasteiger charge is 2.63. The smallest absolute Gasteiger partial charge is 0.246 e. The monoisotopic (exact) mass is 978 g/mol. The quantitative estimate of drug-likeness (QED) is 0.0771. The lowest BCUT2D eigenvalue weighted by Gasteiger charge is -2.63. The van der Waals surface area contributed by atoms with Crippen molar-refractivity contribution >= 4 is 52.3 Å². The molecule has 4 heterocycles. The van der Waals surface area contributed by atoms with Gasteiger partial charge in [0.15, 0.2) is 5.78 Å². The molecule has 3 fully saturated rings. The Morgan fingerprint density at radius 1 is 0.957 bits per heavy atom. The number of nitrogens with one attached hydrogen (secondary N) is 2. The summed E-state index contributed by atoms with van der Waals surface area (Å²) in [6.07, 6.45) is 3.16. The number of nitrogens with zero attached hydrogens (tertiary/aromatic N) is 6. The number of rotatable bonds is 17. The number of ketones is 1. The number of ether oxygens (including phenoxy) is 2. The molecule has 2 aromatic heterocycles. The normalized spacial score (nSPS) is 20.9. The van der Waals surface area contributed by atoms with Gasteiger partial charge < -0.3 is 29.9 Å². The molecule has 3 atom stereocenters. The summed E-state index contributed by atoms with van der Waals surface area (Å²) in [5.41, 5.74) is 4.68. The summed E-state index contributed by atoms with van der Waals surface area (Å²) in [4.78, 5) is 70.9. The van der Waals surface area contributed by atoms with Crippen LogP contribution >= 0.6 is 22.9 Å². The van der Waals surface area contributed by atoms with E-state index in [9.17, 15) is 24.4 Å². The van der Waals surface area contributed by atoms with Gasteiger partial charge in [0, 0.05) is 74.3 Å². The van der Waals surface area contributed by atoms with Gasteiger partial charge in [0.2, 0.25) is 17.7 Å². The molecular formula is C53H67ClN8O6S. The molecule has 0 unspecified atom stereocenters. The fourth-order valence-electron chi connectivity index (χ4n) is 10.6. The molecular weight excluding hydrogens is 912 g/mol. The van der Waals surface area contributed by atoms with Gasteiger partial charge in [0.25, 0.3) is 0 Å². The zero-order chi connectivity index (χ0) is 49.8. The highest BCUT2D eigenvalue weighted by Crippen LogP contribution is 2.62. The maximum absolute atomic E-state index is 14.1. The lowest BCUT2D eigenvalue weighted by Crippen LogP contribution is -2.66. The number of anilines is 1. The predicted molar refractivity (Wildman–Crippen MR) is 269 cm³/mol. The molecule has 1 aliphatic carbocycles. The number of pyridine rings is 1. The van der Waals surface area contributed by atoms with Crippen LogP contribution in [0, 0.1) is 40.4 Å². The van der Waals surface area contributed by atoms with Gasteiger partial charge in [-0.25, -0.2) is 9.97 Å². The van der Waals surface area contributed by atoms with E-state index < -0.39 is 17.5 Å². The Balaban J connectivity index is 0.822. The fourth-order valence-corrected chi connectivity index (χ4v) is 11.7. The minimum absolute atomic E-state index is 0.0472. The Labute approximate surface area is 416 Å². The molecule has 3 aliphatic rings. The van der Waals surface area contributed by atoms with E-state index in [-0.39, 0.29) is 59.0 Å². The summed E-state index contributed by atoms with van der Waals surface area (Å²) in [6, 6.07) is 17.4. The Bertz CT molecular complexity index is 2510. The summed E-state index contributed by atoms with van der Waals surface area (Å²) in [6.45, 7) is 22.5. The third-order valence-electron chi connectivity index (χ3n) is 14.4. The summed E-state index contributed by atoms with van der Waals surface area (Å²) < 4.78 is 12.2. The lowest BCUT2D eigenvalue weighted by atomic mass is 9.44. The SMILES string of the molecule is Cc1ncsc1-c1ccc([C@H](C)NC(=O)[C@@H]2CCCN2C(=O)[C@@H](NC(=O)COCCN2CCN(c3ccc(C(=O)CC4C(C)(C)C(Oc5ccc(C#N)c(Cl)c5)C4(C)C)cn3)CC2)C(C)(C)C)cc1. The van der Waals surface area contributed by atoms with Crippen molar-refractivity contribution in [2.24, 2.45) is 22.2 Å². The van der Waals surface area contributed by atoms with Gasteiger partial charge in [-0.05, 0) is 73.4 Å². The van der Waals surface area contributed by atoms with Crippen molar-refractivity contribution in [3.8, 4) is 22.3 Å². The Morgan fingerprint density at radius 3 is 2.28 bits per heavy atom. The minimum Gasteiger partial charge on any atom is -0.489 e. The third-order valence-corrected chi connectivity index (χ3v) is 15.7. The van der Waals surface area contributed by atoms with E-state index in [2.05, 4.69) is 59.2 Å². The van der Waals surface area contributed by atoms with Crippen LogP contribution in [0.2, 0.25) is 5.02 Å². The van der Waals surface area contributed by atoms with Crippen molar-refractivity contribution in [2.45, 2.75) is 106 Å². The number of amides is 3. The van der Waals surface area contributed by atoms with E-state index in [0.29, 0.717) is 60.9 Å². The van der Waals surface area contributed by atoms with Gasteiger partial charge in [0.1, 0.15) is 42.4 Å². The molecule has 2 N–H and O–H groups in total. The van der Waals surface area contributed by atoms with Crippen molar-refractivity contribution in [2.75, 3.05) is 57.4 Å². The van der Waals surface area contributed by atoms with Gasteiger partial charge in [-0.15, -0.1) is 11.3 Å². The summed E-state index contributed by atoms with van der Waals surface area (Å²) in [5, 5.41) is 15.7. The van der Waals surface area contributed by atoms with Crippen molar-refractivity contribution < 1.29 is 28.7 Å². The van der Waals surface area contributed by atoms with E-state index in [4.69, 9.17) is 26.1 Å². The van der Waals surface area contributed by atoms with Crippen LogP contribution in [0.5, 0.6) is 5.75 Å². The second kappa shape index (κ2) is 21.3. The van der Waals surface area contributed by atoms with E-state index in [1.807, 2.05) is 76.5 Å². The summed E-state index contributed by atoms with van der Waals surface area (Å²) in [5.74, 6) is 0.695. The minimum atomic E-state index is -0.839. The second-order valence-corrected chi connectivity index (χ2v) is 22.3. The standard InChI is InChI=1S/C53H67ClN8O6S/c1-33(35-12-14-36(15-13-35)46-34(2)57-32-69-46)58-48(65)41-11-10-20-62(41)49(66)47(51(3,4)5)59-45(64)31-67-26-25-60-21-23-61(24-22-60)44-19-17-38(30-56-44)42(63)28-43-52(6,7)50(53(43,8)9)68-39-18-16-37(29-55)40(54)27-39/h12-19,27,30,32-33,41,43,47,50H,10-11,20-26,28,31H2,1-9H3,(H,58,65)(H,59,64)/t33-,41-,43?,47+,50?/m0/s1. The number of aromatic nitrogens is 2. The van der Waals surface area contributed by atoms with E-state index in [0.717, 1.165) is 53.7 Å². The first-order valence-corrected chi connectivity index (χ1v) is 25.3. The third kappa shape index (κ3) is 11.6. The largest absolute Gasteiger partial charge is 0.489 e. The van der Waals surface area contributed by atoms with E-state index in [1.165, 1.54) is 0 Å². The molecule has 0 bridgehead atoms. The Kier molecular flexibility index (Phi) is 15.9. The van der Waals surface area contributed by atoms with Crippen molar-refractivity contribution in [1.29, 1.82) is 5.26 Å². The molecule has 368 valence electrons. The molecule has 2 saturated heterocycles. The zero-order valence-electron chi connectivity index (χ0n) is 41.4. The molecule has 3 amide bonds. The number of hydrogen-bond acceptors (Lipinski definition) is 12. The van der Waals surface area contributed by atoms with E-state index in [1.54, 1.807) is 40.6 Å². The molecule has 2 aliphatic heterocycles. The van der Waals surface area contributed by atoms with Crippen LogP contribution in [0.15, 0.2) is 66.3 Å². The molecule has 2 aromatic carbocycles. The zero-order valence-corrected chi connectivity index (χ0v) is 43.0. The van der Waals surface area contributed by atoms with E-state index >= 15 is 0 Å². The number of carbonyl (C=O) groups is 4. The molecule has 14 nitrogen and oxygen atoms in total.